The standard InChI is InChI=1S/C14H25N5O/c1-9(2)18-6-11(5)12(7-18)15-14(20)13-8-19(10(3)4)17-16-13/h8-12H,6-7H2,1-5H3,(H,15,20)/t11-,12-/m0/s1. The molecule has 20 heavy (non-hydrogen) atoms. The van der Waals surface area contributed by atoms with Crippen LogP contribution in [-0.4, -0.2) is 51.0 Å². The first-order chi connectivity index (χ1) is 9.38. The van der Waals surface area contributed by atoms with Crippen LogP contribution >= 0.6 is 0 Å². The molecular formula is C14H25N5O. The van der Waals surface area contributed by atoms with Gasteiger partial charge in [-0.2, -0.15) is 0 Å². The smallest absolute Gasteiger partial charge is 0.273 e. The van der Waals surface area contributed by atoms with E-state index in [1.54, 1.807) is 10.9 Å². The van der Waals surface area contributed by atoms with Gasteiger partial charge in [0.05, 0.1) is 6.20 Å². The van der Waals surface area contributed by atoms with Gasteiger partial charge < -0.3 is 5.32 Å². The molecule has 0 saturated carbocycles. The number of carbonyl (C=O) groups is 1. The summed E-state index contributed by atoms with van der Waals surface area (Å²) in [5, 5.41) is 11.0. The highest BCUT2D eigenvalue weighted by atomic mass is 16.2. The van der Waals surface area contributed by atoms with Gasteiger partial charge in [-0.3, -0.25) is 9.69 Å². The van der Waals surface area contributed by atoms with Crippen molar-refractivity contribution in [1.82, 2.24) is 25.2 Å². The lowest BCUT2D eigenvalue weighted by molar-refractivity contribution is 0.0925. The fraction of sp³-hybridized carbons (Fsp3) is 0.786. The predicted molar refractivity (Wildman–Crippen MR) is 77.5 cm³/mol. The van der Waals surface area contributed by atoms with Crippen molar-refractivity contribution in [3.63, 3.8) is 0 Å². The van der Waals surface area contributed by atoms with E-state index in [0.29, 0.717) is 17.7 Å². The maximum Gasteiger partial charge on any atom is 0.273 e. The lowest BCUT2D eigenvalue weighted by Crippen LogP contribution is -2.40. The minimum Gasteiger partial charge on any atom is -0.346 e. The molecule has 0 aliphatic carbocycles. The average Bonchev–Trinajstić information content (AvgIpc) is 2.97. The lowest BCUT2D eigenvalue weighted by Gasteiger charge is -2.20. The second-order valence-electron chi connectivity index (χ2n) is 6.28. The Morgan fingerprint density at radius 2 is 2.00 bits per heavy atom. The summed E-state index contributed by atoms with van der Waals surface area (Å²) in [6.45, 7) is 12.5. The third kappa shape index (κ3) is 3.17. The zero-order chi connectivity index (χ0) is 14.9. The summed E-state index contributed by atoms with van der Waals surface area (Å²) >= 11 is 0. The molecule has 1 aliphatic rings. The summed E-state index contributed by atoms with van der Waals surface area (Å²) in [5.74, 6) is 0.334. The largest absolute Gasteiger partial charge is 0.346 e. The highest BCUT2D eigenvalue weighted by Gasteiger charge is 2.32. The second kappa shape index (κ2) is 5.91. The first kappa shape index (κ1) is 15.0. The number of rotatable bonds is 4. The molecule has 1 amide bonds. The van der Waals surface area contributed by atoms with Crippen molar-refractivity contribution >= 4 is 5.91 Å². The molecule has 0 aromatic carbocycles. The van der Waals surface area contributed by atoms with Gasteiger partial charge in [0, 0.05) is 31.2 Å². The Kier molecular flexibility index (Phi) is 4.42. The van der Waals surface area contributed by atoms with Crippen LogP contribution in [-0.2, 0) is 0 Å². The third-order valence-electron chi connectivity index (χ3n) is 3.96. The second-order valence-corrected chi connectivity index (χ2v) is 6.28. The molecule has 0 bridgehead atoms. The minimum absolute atomic E-state index is 0.126. The molecule has 0 unspecified atom stereocenters. The van der Waals surface area contributed by atoms with E-state index in [1.165, 1.54) is 0 Å². The summed E-state index contributed by atoms with van der Waals surface area (Å²) in [5.41, 5.74) is 0.397. The Bertz CT molecular complexity index is 468. The molecule has 1 aromatic heterocycles. The van der Waals surface area contributed by atoms with Crippen LogP contribution in [0.1, 0.15) is 51.1 Å². The van der Waals surface area contributed by atoms with Gasteiger partial charge in [-0.05, 0) is 33.6 Å². The molecule has 2 heterocycles. The van der Waals surface area contributed by atoms with Gasteiger partial charge in [0.1, 0.15) is 0 Å². The zero-order valence-electron chi connectivity index (χ0n) is 13.0. The highest BCUT2D eigenvalue weighted by molar-refractivity contribution is 5.92. The molecule has 1 fully saturated rings. The minimum atomic E-state index is -0.126. The van der Waals surface area contributed by atoms with E-state index in [0.717, 1.165) is 13.1 Å². The predicted octanol–water partition coefficient (Wildman–Crippen LogP) is 1.32. The van der Waals surface area contributed by atoms with Gasteiger partial charge in [-0.15, -0.1) is 5.10 Å². The molecule has 1 aromatic rings. The van der Waals surface area contributed by atoms with Gasteiger partial charge in [-0.1, -0.05) is 12.1 Å². The highest BCUT2D eigenvalue weighted by Crippen LogP contribution is 2.19. The van der Waals surface area contributed by atoms with E-state index in [4.69, 9.17) is 0 Å². The van der Waals surface area contributed by atoms with E-state index in [1.807, 2.05) is 13.8 Å². The fourth-order valence-electron chi connectivity index (χ4n) is 2.49. The first-order valence-electron chi connectivity index (χ1n) is 7.35. The molecular weight excluding hydrogens is 254 g/mol. The Hall–Kier alpha value is -1.43. The van der Waals surface area contributed by atoms with Crippen LogP contribution < -0.4 is 5.32 Å². The van der Waals surface area contributed by atoms with Crippen molar-refractivity contribution in [1.29, 1.82) is 0 Å². The molecule has 0 radical (unpaired) electrons. The molecule has 2 atom stereocenters. The zero-order valence-corrected chi connectivity index (χ0v) is 13.0. The van der Waals surface area contributed by atoms with Crippen molar-refractivity contribution in [2.45, 2.75) is 52.7 Å². The quantitative estimate of drug-likeness (QED) is 0.903. The number of nitrogens with zero attached hydrogens (tertiary/aromatic N) is 4. The van der Waals surface area contributed by atoms with Gasteiger partial charge >= 0.3 is 0 Å². The third-order valence-corrected chi connectivity index (χ3v) is 3.96. The maximum atomic E-state index is 12.2. The van der Waals surface area contributed by atoms with Crippen molar-refractivity contribution < 1.29 is 4.79 Å². The SMILES string of the molecule is CC(C)N1C[C@H](NC(=O)c2cn(C(C)C)nn2)[C@@H](C)C1. The topological polar surface area (TPSA) is 63.1 Å². The number of aromatic nitrogens is 3. The molecule has 112 valence electrons. The fourth-order valence-corrected chi connectivity index (χ4v) is 2.49. The molecule has 6 heteroatoms. The molecule has 0 spiro atoms. The average molecular weight is 279 g/mol. The van der Waals surface area contributed by atoms with Gasteiger partial charge in [0.2, 0.25) is 0 Å². The van der Waals surface area contributed by atoms with Gasteiger partial charge in [0.15, 0.2) is 5.69 Å². The normalized spacial score (nSPS) is 23.8. The van der Waals surface area contributed by atoms with Crippen LogP contribution in [0.2, 0.25) is 0 Å². The molecule has 1 N–H and O–H groups in total. The van der Waals surface area contributed by atoms with E-state index < -0.39 is 0 Å². The van der Waals surface area contributed by atoms with Crippen LogP contribution in [0.5, 0.6) is 0 Å². The van der Waals surface area contributed by atoms with Gasteiger partial charge in [0.25, 0.3) is 5.91 Å². The van der Waals surface area contributed by atoms with Crippen LogP contribution in [0.25, 0.3) is 0 Å². The summed E-state index contributed by atoms with van der Waals surface area (Å²) in [4.78, 5) is 14.6. The summed E-state index contributed by atoms with van der Waals surface area (Å²) in [7, 11) is 0. The Labute approximate surface area is 120 Å². The van der Waals surface area contributed by atoms with Crippen LogP contribution in [0, 0.1) is 5.92 Å². The van der Waals surface area contributed by atoms with Gasteiger partial charge in [-0.25, -0.2) is 4.68 Å². The lowest BCUT2D eigenvalue weighted by atomic mass is 10.1. The maximum absolute atomic E-state index is 12.2. The number of likely N-dealkylation sites (tertiary alicyclic amines) is 1. The van der Waals surface area contributed by atoms with E-state index in [2.05, 4.69) is 41.3 Å². The molecule has 1 aliphatic heterocycles. The van der Waals surface area contributed by atoms with E-state index >= 15 is 0 Å². The summed E-state index contributed by atoms with van der Waals surface area (Å²) in [6.07, 6.45) is 1.71. The number of hydrogen-bond donors (Lipinski definition) is 1. The van der Waals surface area contributed by atoms with Crippen molar-refractivity contribution in [3.8, 4) is 0 Å². The number of carbonyl (C=O) groups excluding carboxylic acids is 1. The Balaban J connectivity index is 1.97. The molecule has 1 saturated heterocycles. The molecule has 2 rings (SSSR count). The first-order valence-corrected chi connectivity index (χ1v) is 7.35. The summed E-state index contributed by atoms with van der Waals surface area (Å²) in [6, 6.07) is 0.918. The number of amides is 1. The summed E-state index contributed by atoms with van der Waals surface area (Å²) < 4.78 is 1.70. The van der Waals surface area contributed by atoms with Crippen LogP contribution in [0.15, 0.2) is 6.20 Å². The van der Waals surface area contributed by atoms with Crippen molar-refractivity contribution in [2.24, 2.45) is 5.92 Å². The van der Waals surface area contributed by atoms with Crippen molar-refractivity contribution in [2.75, 3.05) is 13.1 Å². The van der Waals surface area contributed by atoms with E-state index in [-0.39, 0.29) is 18.0 Å². The van der Waals surface area contributed by atoms with Crippen molar-refractivity contribution in [3.05, 3.63) is 11.9 Å². The monoisotopic (exact) mass is 279 g/mol. The van der Waals surface area contributed by atoms with E-state index in [9.17, 15) is 4.79 Å². The Morgan fingerprint density at radius 3 is 2.50 bits per heavy atom. The van der Waals surface area contributed by atoms with Crippen LogP contribution in [0.3, 0.4) is 0 Å². The Morgan fingerprint density at radius 1 is 1.30 bits per heavy atom. The number of nitrogens with one attached hydrogen (secondary N) is 1. The number of hydrogen-bond acceptors (Lipinski definition) is 4. The molecule has 6 nitrogen and oxygen atoms in total. The van der Waals surface area contributed by atoms with Crippen LogP contribution in [0.4, 0.5) is 0 Å².